The summed E-state index contributed by atoms with van der Waals surface area (Å²) in [5.74, 6) is 0. The molecule has 0 saturated heterocycles. The molecular formula is C23H40O3. The van der Waals surface area contributed by atoms with Crippen LogP contribution in [0.15, 0.2) is 48.6 Å². The van der Waals surface area contributed by atoms with Crippen molar-refractivity contribution < 1.29 is 15.3 Å². The van der Waals surface area contributed by atoms with E-state index in [2.05, 4.69) is 55.5 Å². The lowest BCUT2D eigenvalue weighted by molar-refractivity contribution is -0.0184. The first-order valence-electron chi connectivity index (χ1n) is 10.3. The van der Waals surface area contributed by atoms with Crippen LogP contribution in [0.5, 0.6) is 0 Å². The summed E-state index contributed by atoms with van der Waals surface area (Å²) in [6.07, 6.45) is 27.3. The second kappa shape index (κ2) is 20.2. The fourth-order valence-electron chi connectivity index (χ4n) is 2.49. The SMILES string of the molecule is CCCCC/C=C\C/C=C\C/C=C\C/C=C\CCCCC(O)[C@@H](O)CO. The van der Waals surface area contributed by atoms with Gasteiger partial charge in [-0.1, -0.05) is 74.8 Å². The molecule has 0 saturated carbocycles. The molecule has 26 heavy (non-hydrogen) atoms. The molecule has 3 N–H and O–H groups in total. The molecule has 150 valence electrons. The van der Waals surface area contributed by atoms with Crippen LogP contribution in [0.25, 0.3) is 0 Å². The molecule has 3 heteroatoms. The average Bonchev–Trinajstić information content (AvgIpc) is 2.66. The van der Waals surface area contributed by atoms with Crippen LogP contribution in [-0.2, 0) is 0 Å². The lowest BCUT2D eigenvalue weighted by Gasteiger charge is -2.14. The van der Waals surface area contributed by atoms with E-state index in [0.29, 0.717) is 6.42 Å². The summed E-state index contributed by atoms with van der Waals surface area (Å²) >= 11 is 0. The summed E-state index contributed by atoms with van der Waals surface area (Å²) in [5, 5.41) is 27.5. The highest BCUT2D eigenvalue weighted by Gasteiger charge is 2.13. The van der Waals surface area contributed by atoms with Crippen LogP contribution in [0.4, 0.5) is 0 Å². The van der Waals surface area contributed by atoms with Crippen molar-refractivity contribution in [3.05, 3.63) is 48.6 Å². The highest BCUT2D eigenvalue weighted by atomic mass is 16.4. The fourth-order valence-corrected chi connectivity index (χ4v) is 2.49. The Kier molecular flexibility index (Phi) is 19.3. The van der Waals surface area contributed by atoms with Gasteiger partial charge in [-0.25, -0.2) is 0 Å². The van der Waals surface area contributed by atoms with Crippen molar-refractivity contribution in [2.45, 2.75) is 89.8 Å². The fraction of sp³-hybridized carbons (Fsp3) is 0.652. The van der Waals surface area contributed by atoms with Gasteiger partial charge in [0.15, 0.2) is 0 Å². The van der Waals surface area contributed by atoms with Crippen LogP contribution in [0.2, 0.25) is 0 Å². The molecule has 0 amide bonds. The molecule has 0 aliphatic heterocycles. The zero-order valence-corrected chi connectivity index (χ0v) is 16.6. The molecule has 1 unspecified atom stereocenters. The van der Waals surface area contributed by atoms with Crippen molar-refractivity contribution in [2.75, 3.05) is 6.61 Å². The molecular weight excluding hydrogens is 324 g/mol. The topological polar surface area (TPSA) is 60.7 Å². The summed E-state index contributed by atoms with van der Waals surface area (Å²) in [5.41, 5.74) is 0. The van der Waals surface area contributed by atoms with Crippen molar-refractivity contribution >= 4 is 0 Å². The lowest BCUT2D eigenvalue weighted by Crippen LogP contribution is -2.28. The largest absolute Gasteiger partial charge is 0.394 e. The predicted molar refractivity (Wildman–Crippen MR) is 112 cm³/mol. The third-order valence-corrected chi connectivity index (χ3v) is 4.21. The lowest BCUT2D eigenvalue weighted by atomic mass is 10.1. The van der Waals surface area contributed by atoms with Crippen LogP contribution >= 0.6 is 0 Å². The molecule has 2 atom stereocenters. The zero-order valence-electron chi connectivity index (χ0n) is 16.6. The number of aliphatic hydroxyl groups excluding tert-OH is 3. The first kappa shape index (κ1) is 24.8. The molecule has 0 bridgehead atoms. The molecule has 3 nitrogen and oxygen atoms in total. The van der Waals surface area contributed by atoms with E-state index < -0.39 is 12.2 Å². The highest BCUT2D eigenvalue weighted by Crippen LogP contribution is 2.07. The summed E-state index contributed by atoms with van der Waals surface area (Å²) in [6.45, 7) is 1.86. The Labute approximate surface area is 160 Å². The van der Waals surface area contributed by atoms with Crippen LogP contribution in [0.1, 0.15) is 77.6 Å². The quantitative estimate of drug-likeness (QED) is 0.244. The summed E-state index contributed by atoms with van der Waals surface area (Å²) in [4.78, 5) is 0. The van der Waals surface area contributed by atoms with E-state index in [1.807, 2.05) is 0 Å². The normalized spacial score (nSPS) is 15.1. The molecule has 0 aliphatic carbocycles. The maximum atomic E-state index is 9.51. The molecule has 0 spiro atoms. The Morgan fingerprint density at radius 3 is 1.54 bits per heavy atom. The van der Waals surface area contributed by atoms with Crippen molar-refractivity contribution in [1.29, 1.82) is 0 Å². The van der Waals surface area contributed by atoms with Gasteiger partial charge in [0.2, 0.25) is 0 Å². The third kappa shape index (κ3) is 17.7. The zero-order chi connectivity index (χ0) is 19.3. The first-order chi connectivity index (χ1) is 12.7. The second-order valence-corrected chi connectivity index (χ2v) is 6.69. The summed E-state index contributed by atoms with van der Waals surface area (Å²) < 4.78 is 0. The van der Waals surface area contributed by atoms with Crippen LogP contribution in [0, 0.1) is 0 Å². The van der Waals surface area contributed by atoms with Crippen LogP contribution in [0.3, 0.4) is 0 Å². The van der Waals surface area contributed by atoms with E-state index in [0.717, 1.165) is 38.5 Å². The molecule has 0 aromatic heterocycles. The number of allylic oxidation sites excluding steroid dienone is 8. The predicted octanol–water partition coefficient (Wildman–Crippen LogP) is 5.24. The number of hydrogen-bond donors (Lipinski definition) is 3. The van der Waals surface area contributed by atoms with Crippen LogP contribution < -0.4 is 0 Å². The molecule has 0 radical (unpaired) electrons. The van der Waals surface area contributed by atoms with Crippen LogP contribution in [-0.4, -0.2) is 34.1 Å². The molecule has 0 fully saturated rings. The minimum Gasteiger partial charge on any atom is -0.394 e. The Morgan fingerprint density at radius 2 is 1.08 bits per heavy atom. The molecule has 0 heterocycles. The van der Waals surface area contributed by atoms with Gasteiger partial charge in [-0.05, 0) is 51.4 Å². The van der Waals surface area contributed by atoms with Gasteiger partial charge in [-0.2, -0.15) is 0 Å². The van der Waals surface area contributed by atoms with Crippen molar-refractivity contribution in [1.82, 2.24) is 0 Å². The van der Waals surface area contributed by atoms with Gasteiger partial charge in [-0.3, -0.25) is 0 Å². The Hall–Kier alpha value is -1.16. The smallest absolute Gasteiger partial charge is 0.103 e. The number of unbranched alkanes of at least 4 members (excludes halogenated alkanes) is 5. The standard InChI is InChI=1S/C23H40O3/c1-2-3-4-5-6-7-8-9-10-11-12-13-14-15-16-17-18-19-20-22(25)23(26)21-24/h6-7,9-10,12-13,15-16,22-26H,2-5,8,11,14,17-21H2,1H3/b7-6-,10-9-,13-12-,16-15-/t22?,23-/m0/s1. The average molecular weight is 365 g/mol. The molecule has 0 rings (SSSR count). The van der Waals surface area contributed by atoms with E-state index in [1.165, 1.54) is 25.7 Å². The van der Waals surface area contributed by atoms with Crippen molar-refractivity contribution in [2.24, 2.45) is 0 Å². The molecule has 0 aromatic rings. The van der Waals surface area contributed by atoms with Gasteiger partial charge < -0.3 is 15.3 Å². The Balaban J connectivity index is 3.46. The second-order valence-electron chi connectivity index (χ2n) is 6.69. The van der Waals surface area contributed by atoms with Gasteiger partial charge in [0, 0.05) is 0 Å². The Morgan fingerprint density at radius 1 is 0.615 bits per heavy atom. The molecule has 0 aliphatic rings. The highest BCUT2D eigenvalue weighted by molar-refractivity contribution is 4.99. The van der Waals surface area contributed by atoms with E-state index in [4.69, 9.17) is 5.11 Å². The van der Waals surface area contributed by atoms with Gasteiger partial charge in [0.25, 0.3) is 0 Å². The number of aliphatic hydroxyl groups is 3. The Bertz CT molecular complexity index is 396. The van der Waals surface area contributed by atoms with Gasteiger partial charge >= 0.3 is 0 Å². The van der Waals surface area contributed by atoms with Gasteiger partial charge in [0.05, 0.1) is 12.7 Å². The maximum Gasteiger partial charge on any atom is 0.103 e. The van der Waals surface area contributed by atoms with E-state index in [1.54, 1.807) is 0 Å². The minimum atomic E-state index is -1.01. The van der Waals surface area contributed by atoms with E-state index in [-0.39, 0.29) is 6.61 Å². The first-order valence-corrected chi connectivity index (χ1v) is 10.3. The third-order valence-electron chi connectivity index (χ3n) is 4.21. The van der Waals surface area contributed by atoms with E-state index in [9.17, 15) is 10.2 Å². The monoisotopic (exact) mass is 364 g/mol. The number of hydrogen-bond acceptors (Lipinski definition) is 3. The van der Waals surface area contributed by atoms with Crippen molar-refractivity contribution in [3.8, 4) is 0 Å². The van der Waals surface area contributed by atoms with Gasteiger partial charge in [0.1, 0.15) is 6.10 Å². The van der Waals surface area contributed by atoms with Crippen molar-refractivity contribution in [3.63, 3.8) is 0 Å². The summed E-state index contributed by atoms with van der Waals surface area (Å²) in [6, 6.07) is 0. The van der Waals surface area contributed by atoms with Gasteiger partial charge in [-0.15, -0.1) is 0 Å². The maximum absolute atomic E-state index is 9.51. The minimum absolute atomic E-state index is 0.377. The summed E-state index contributed by atoms with van der Waals surface area (Å²) in [7, 11) is 0. The molecule has 0 aromatic carbocycles. The number of rotatable bonds is 17. The van der Waals surface area contributed by atoms with E-state index >= 15 is 0 Å².